The molecule has 5 rings (SSSR count). The van der Waals surface area contributed by atoms with Gasteiger partial charge in [0.25, 0.3) is 0 Å². The number of nitrogens with one attached hydrogen (secondary N) is 1. The number of nitrogens with zero attached hydrogens (tertiary/aromatic N) is 1. The number of rotatable bonds is 6. The van der Waals surface area contributed by atoms with Crippen molar-refractivity contribution in [3.05, 3.63) is 35.1 Å². The van der Waals surface area contributed by atoms with Crippen molar-refractivity contribution in [2.45, 2.75) is 94.8 Å². The second-order valence-electron chi connectivity index (χ2n) is 12.2. The maximum atomic E-state index is 13.1. The minimum atomic E-state index is -1.26. The molecular formula is C29H38N2O9. The van der Waals surface area contributed by atoms with Crippen LogP contribution in [-0.2, 0) is 35.6 Å². The van der Waals surface area contributed by atoms with Crippen molar-refractivity contribution in [1.82, 2.24) is 10.2 Å². The van der Waals surface area contributed by atoms with Crippen LogP contribution in [0.2, 0.25) is 0 Å². The van der Waals surface area contributed by atoms with Crippen LogP contribution in [-0.4, -0.2) is 84.2 Å². The number of hydrogen-bond donors (Lipinski definition) is 2. The summed E-state index contributed by atoms with van der Waals surface area (Å²) in [7, 11) is 3.59. The van der Waals surface area contributed by atoms with E-state index < -0.39 is 52.9 Å². The second kappa shape index (κ2) is 9.66. The Hall–Kier alpha value is -3.31. The summed E-state index contributed by atoms with van der Waals surface area (Å²) < 4.78 is 28.3. The van der Waals surface area contributed by atoms with E-state index in [2.05, 4.69) is 10.2 Å². The predicted octanol–water partition coefficient (Wildman–Crippen LogP) is 2.36. The maximum absolute atomic E-state index is 13.1. The van der Waals surface area contributed by atoms with E-state index in [1.165, 1.54) is 13.8 Å². The summed E-state index contributed by atoms with van der Waals surface area (Å²) in [5.41, 5.74) is -0.680. The van der Waals surface area contributed by atoms with Gasteiger partial charge in [-0.05, 0) is 78.8 Å². The van der Waals surface area contributed by atoms with Crippen LogP contribution < -0.4 is 14.8 Å². The Kier molecular flexibility index (Phi) is 6.81. The molecule has 11 heteroatoms. The number of methoxy groups -OCH3 is 1. The molecule has 4 aliphatic rings. The molecule has 0 aromatic heterocycles. The normalized spacial score (nSPS) is 29.6. The molecule has 2 aliphatic carbocycles. The van der Waals surface area contributed by atoms with Crippen molar-refractivity contribution in [3.8, 4) is 11.5 Å². The van der Waals surface area contributed by atoms with Crippen molar-refractivity contribution >= 4 is 18.0 Å². The fraction of sp³-hybridized carbons (Fsp3) is 0.621. The van der Waals surface area contributed by atoms with Crippen molar-refractivity contribution < 1.29 is 43.2 Å². The molecule has 218 valence electrons. The molecule has 1 aromatic carbocycles. The maximum Gasteiger partial charge on any atom is 0.408 e. The van der Waals surface area contributed by atoms with Crippen molar-refractivity contribution in [2.75, 3.05) is 20.7 Å². The minimum Gasteiger partial charge on any atom is -0.493 e. The van der Waals surface area contributed by atoms with Crippen LogP contribution in [0, 0.1) is 0 Å². The third-order valence-corrected chi connectivity index (χ3v) is 8.49. The smallest absolute Gasteiger partial charge is 0.408 e. The summed E-state index contributed by atoms with van der Waals surface area (Å²) in [6.07, 6.45) is 0.448. The van der Waals surface area contributed by atoms with Crippen molar-refractivity contribution in [1.29, 1.82) is 0 Å². The standard InChI is InChI=1S/C29H38N2O9/c1-15(30-26(34)40-27(3,4)5)24(32)37-16(2)25(33)38-19-10-11-29(35)20-14-17-8-9-18(36-7)22-21(17)28(29,23(19)39-22)12-13-31(20)6/h8-10,15-16,20,23,35H,11-14H2,1-7H3,(H,30,34)/t15-,16-,20?,23-,28-,29-/m0/s1. The Morgan fingerprint density at radius 2 is 1.93 bits per heavy atom. The van der Waals surface area contributed by atoms with Crippen LogP contribution in [0.25, 0.3) is 0 Å². The van der Waals surface area contributed by atoms with E-state index in [1.807, 2.05) is 19.2 Å². The van der Waals surface area contributed by atoms with Gasteiger partial charge in [0.1, 0.15) is 17.4 Å². The number of hydrogen-bond acceptors (Lipinski definition) is 10. The van der Waals surface area contributed by atoms with Gasteiger partial charge in [-0.1, -0.05) is 6.07 Å². The third kappa shape index (κ3) is 4.30. The number of piperidine rings is 1. The largest absolute Gasteiger partial charge is 0.493 e. The molecule has 40 heavy (non-hydrogen) atoms. The van der Waals surface area contributed by atoms with Crippen LogP contribution in [0.5, 0.6) is 11.5 Å². The molecule has 2 aliphatic heterocycles. The predicted molar refractivity (Wildman–Crippen MR) is 142 cm³/mol. The Balaban J connectivity index is 1.35. The Bertz CT molecular complexity index is 1270. The number of likely N-dealkylation sites (tertiary alicyclic amines) is 1. The number of benzene rings is 1. The zero-order chi connectivity index (χ0) is 29.2. The van der Waals surface area contributed by atoms with E-state index in [1.54, 1.807) is 34.0 Å². The third-order valence-electron chi connectivity index (χ3n) is 8.49. The van der Waals surface area contributed by atoms with Gasteiger partial charge in [-0.3, -0.25) is 0 Å². The molecule has 1 spiro atoms. The quantitative estimate of drug-likeness (QED) is 0.396. The molecule has 1 aromatic rings. The lowest BCUT2D eigenvalue weighted by atomic mass is 9.50. The summed E-state index contributed by atoms with van der Waals surface area (Å²) >= 11 is 0. The van der Waals surface area contributed by atoms with E-state index >= 15 is 0 Å². The van der Waals surface area contributed by atoms with Crippen LogP contribution in [0.1, 0.15) is 58.6 Å². The zero-order valence-corrected chi connectivity index (χ0v) is 24.0. The summed E-state index contributed by atoms with van der Waals surface area (Å²) in [5, 5.41) is 14.7. The Morgan fingerprint density at radius 1 is 1.20 bits per heavy atom. The topological polar surface area (TPSA) is 133 Å². The van der Waals surface area contributed by atoms with Crippen LogP contribution >= 0.6 is 0 Å². The molecule has 1 unspecified atom stereocenters. The second-order valence-corrected chi connectivity index (χ2v) is 12.2. The molecule has 2 heterocycles. The average molecular weight is 559 g/mol. The van der Waals surface area contributed by atoms with Crippen molar-refractivity contribution in [2.24, 2.45) is 0 Å². The minimum absolute atomic E-state index is 0.133. The highest BCUT2D eigenvalue weighted by atomic mass is 16.6. The first-order chi connectivity index (χ1) is 18.7. The van der Waals surface area contributed by atoms with Gasteiger partial charge in [0.15, 0.2) is 23.7 Å². The highest BCUT2D eigenvalue weighted by Crippen LogP contribution is 2.65. The molecule has 0 saturated carbocycles. The average Bonchev–Trinajstić information content (AvgIpc) is 3.22. The van der Waals surface area contributed by atoms with Gasteiger partial charge in [0.2, 0.25) is 0 Å². The van der Waals surface area contributed by atoms with E-state index in [0.29, 0.717) is 24.3 Å². The monoisotopic (exact) mass is 558 g/mol. The van der Waals surface area contributed by atoms with Gasteiger partial charge in [-0.25, -0.2) is 14.4 Å². The molecule has 1 saturated heterocycles. The van der Waals surface area contributed by atoms with Gasteiger partial charge in [0, 0.05) is 18.0 Å². The van der Waals surface area contributed by atoms with E-state index in [0.717, 1.165) is 17.7 Å². The summed E-state index contributed by atoms with van der Waals surface area (Å²) in [4.78, 5) is 39.9. The lowest BCUT2D eigenvalue weighted by Gasteiger charge is -2.61. The van der Waals surface area contributed by atoms with Crippen LogP contribution in [0.4, 0.5) is 4.79 Å². The van der Waals surface area contributed by atoms with Crippen molar-refractivity contribution in [3.63, 3.8) is 0 Å². The Labute approximate surface area is 233 Å². The molecule has 2 bridgehead atoms. The van der Waals surface area contributed by atoms with Gasteiger partial charge in [-0.2, -0.15) is 0 Å². The number of carbonyl (C=O) groups is 3. The summed E-state index contributed by atoms with van der Waals surface area (Å²) in [6, 6.07) is 2.71. The van der Waals surface area contributed by atoms with Crippen LogP contribution in [0.15, 0.2) is 24.0 Å². The zero-order valence-electron chi connectivity index (χ0n) is 24.0. The summed E-state index contributed by atoms with van der Waals surface area (Å²) in [6.45, 7) is 8.68. The van der Waals surface area contributed by atoms with E-state index in [4.69, 9.17) is 23.7 Å². The molecule has 11 nitrogen and oxygen atoms in total. The molecule has 6 atom stereocenters. The number of likely N-dealkylation sites (N-methyl/N-ethyl adjacent to an activating group) is 1. The number of ether oxygens (including phenoxy) is 5. The fourth-order valence-corrected chi connectivity index (χ4v) is 6.65. The first-order valence-electron chi connectivity index (χ1n) is 13.6. The van der Waals surface area contributed by atoms with E-state index in [-0.39, 0.29) is 18.2 Å². The first kappa shape index (κ1) is 28.2. The molecule has 1 amide bonds. The summed E-state index contributed by atoms with van der Waals surface area (Å²) in [5.74, 6) is -0.214. The number of aliphatic hydroxyl groups is 1. The number of esters is 2. The molecule has 2 N–H and O–H groups in total. The lowest BCUT2D eigenvalue weighted by molar-refractivity contribution is -0.175. The highest BCUT2D eigenvalue weighted by molar-refractivity contribution is 5.84. The highest BCUT2D eigenvalue weighted by Gasteiger charge is 2.72. The molecule has 0 radical (unpaired) electrons. The number of alkyl carbamates (subject to hydrolysis) is 1. The number of carbonyl (C=O) groups excluding carboxylic acids is 3. The van der Waals surface area contributed by atoms with Gasteiger partial charge in [0.05, 0.1) is 18.1 Å². The molecular weight excluding hydrogens is 520 g/mol. The molecule has 1 fully saturated rings. The van der Waals surface area contributed by atoms with Gasteiger partial charge < -0.3 is 39.0 Å². The number of amides is 1. The van der Waals surface area contributed by atoms with Gasteiger partial charge >= 0.3 is 18.0 Å². The fourth-order valence-electron chi connectivity index (χ4n) is 6.65. The first-order valence-corrected chi connectivity index (χ1v) is 13.6. The van der Waals surface area contributed by atoms with E-state index in [9.17, 15) is 19.5 Å². The Morgan fingerprint density at radius 3 is 2.60 bits per heavy atom. The van der Waals surface area contributed by atoms with Crippen LogP contribution in [0.3, 0.4) is 0 Å². The lowest BCUT2D eigenvalue weighted by Crippen LogP contribution is -2.74. The van der Waals surface area contributed by atoms with Gasteiger partial charge in [-0.15, -0.1) is 0 Å². The SMILES string of the molecule is COc1ccc2c3c1O[C@H]1C(OC(=O)[C@H](C)OC(=O)[C@H](C)NC(=O)OC(C)(C)C)=CC[C@]4(O)C(C2)N(C)CC[C@]314.